The molecule has 1 unspecified atom stereocenters. The second-order valence-corrected chi connectivity index (χ2v) is 5.26. The molecule has 0 aliphatic rings. The number of halogens is 3. The lowest BCUT2D eigenvalue weighted by Gasteiger charge is -2.34. The average molecular weight is 284 g/mol. The van der Waals surface area contributed by atoms with E-state index in [9.17, 15) is 23.1 Å². The number of carboxylic acid groups (broad SMARTS) is 1. The summed E-state index contributed by atoms with van der Waals surface area (Å²) in [5.41, 5.74) is -1.39. The molecule has 0 aromatic rings. The zero-order valence-electron chi connectivity index (χ0n) is 11.8. The van der Waals surface area contributed by atoms with E-state index in [4.69, 9.17) is 0 Å². The molecule has 7 heteroatoms. The van der Waals surface area contributed by atoms with Crippen LogP contribution in [0.1, 0.15) is 34.1 Å². The van der Waals surface area contributed by atoms with E-state index in [2.05, 4.69) is 5.32 Å². The highest BCUT2D eigenvalue weighted by atomic mass is 19.4. The Morgan fingerprint density at radius 3 is 2.16 bits per heavy atom. The fourth-order valence-corrected chi connectivity index (χ4v) is 2.04. The molecule has 4 nitrogen and oxygen atoms in total. The molecule has 1 atom stereocenters. The molecule has 2 N–H and O–H groups in total. The minimum Gasteiger partial charge on any atom is -0.480 e. The van der Waals surface area contributed by atoms with E-state index in [-0.39, 0.29) is 19.1 Å². The van der Waals surface area contributed by atoms with Gasteiger partial charge in [0.15, 0.2) is 0 Å². The molecule has 0 heterocycles. The van der Waals surface area contributed by atoms with E-state index in [1.165, 1.54) is 6.92 Å². The van der Waals surface area contributed by atoms with E-state index in [1.807, 2.05) is 0 Å². The highest BCUT2D eigenvalue weighted by Gasteiger charge is 2.38. The second kappa shape index (κ2) is 7.09. The highest BCUT2D eigenvalue weighted by Crippen LogP contribution is 2.19. The Morgan fingerprint density at radius 1 is 1.32 bits per heavy atom. The van der Waals surface area contributed by atoms with Gasteiger partial charge in [0.05, 0.1) is 6.54 Å². The number of nitrogens with one attached hydrogen (secondary N) is 1. The number of hydrogen-bond donors (Lipinski definition) is 2. The van der Waals surface area contributed by atoms with Gasteiger partial charge in [-0.05, 0) is 33.7 Å². The van der Waals surface area contributed by atoms with Gasteiger partial charge in [-0.2, -0.15) is 13.2 Å². The molecule has 0 radical (unpaired) electrons. The molecule has 0 rings (SSSR count). The Bertz CT molecular complexity index is 295. The van der Waals surface area contributed by atoms with E-state index < -0.39 is 24.2 Å². The largest absolute Gasteiger partial charge is 0.480 e. The maximum absolute atomic E-state index is 12.5. The zero-order valence-corrected chi connectivity index (χ0v) is 11.8. The van der Waals surface area contributed by atoms with Crippen molar-refractivity contribution in [1.29, 1.82) is 0 Å². The predicted molar refractivity (Wildman–Crippen MR) is 67.1 cm³/mol. The molecule has 0 bridgehead atoms. The van der Waals surface area contributed by atoms with E-state index in [1.54, 1.807) is 20.8 Å². The first kappa shape index (κ1) is 18.2. The minimum atomic E-state index is -4.33. The average Bonchev–Trinajstić information content (AvgIpc) is 2.13. The smallest absolute Gasteiger partial charge is 0.401 e. The lowest BCUT2D eigenvalue weighted by molar-refractivity contribution is -0.156. The summed E-state index contributed by atoms with van der Waals surface area (Å²) in [6, 6.07) is -0.129. The molecule has 0 aliphatic heterocycles. The van der Waals surface area contributed by atoms with Crippen LogP contribution in [-0.4, -0.2) is 53.4 Å². The van der Waals surface area contributed by atoms with E-state index in [0.29, 0.717) is 6.42 Å². The van der Waals surface area contributed by atoms with Crippen LogP contribution in [0.15, 0.2) is 0 Å². The third-order valence-corrected chi connectivity index (χ3v) is 2.56. The number of alkyl halides is 3. The number of rotatable bonds is 8. The van der Waals surface area contributed by atoms with Gasteiger partial charge in [0, 0.05) is 12.6 Å². The van der Waals surface area contributed by atoms with Gasteiger partial charge in [-0.1, -0.05) is 6.92 Å². The maximum Gasteiger partial charge on any atom is 0.401 e. The van der Waals surface area contributed by atoms with Crippen LogP contribution in [0, 0.1) is 0 Å². The van der Waals surface area contributed by atoms with Gasteiger partial charge in [0.25, 0.3) is 0 Å². The van der Waals surface area contributed by atoms with Gasteiger partial charge in [-0.3, -0.25) is 15.0 Å². The molecule has 19 heavy (non-hydrogen) atoms. The van der Waals surface area contributed by atoms with Crippen molar-refractivity contribution in [2.75, 3.05) is 19.6 Å². The Balaban J connectivity index is 4.89. The van der Waals surface area contributed by atoms with Crippen molar-refractivity contribution in [3.8, 4) is 0 Å². The van der Waals surface area contributed by atoms with Gasteiger partial charge in [-0.15, -0.1) is 0 Å². The predicted octanol–water partition coefficient (Wildman–Crippen LogP) is 2.10. The Kier molecular flexibility index (Phi) is 6.79. The molecule has 0 amide bonds. The summed E-state index contributed by atoms with van der Waals surface area (Å²) in [6.45, 7) is 5.62. The molecule has 0 aromatic carbocycles. The first-order valence-electron chi connectivity index (χ1n) is 6.30. The Morgan fingerprint density at radius 2 is 1.84 bits per heavy atom. The van der Waals surface area contributed by atoms with Crippen LogP contribution in [0.2, 0.25) is 0 Å². The molecule has 0 aromatic heterocycles. The number of hydrogen-bond acceptors (Lipinski definition) is 3. The zero-order chi connectivity index (χ0) is 15.3. The fourth-order valence-electron chi connectivity index (χ4n) is 2.04. The van der Waals surface area contributed by atoms with Crippen molar-refractivity contribution >= 4 is 5.97 Å². The molecule has 0 fully saturated rings. The molecule has 114 valence electrons. The van der Waals surface area contributed by atoms with Crippen LogP contribution in [0.3, 0.4) is 0 Å². The lowest BCUT2D eigenvalue weighted by atomic mass is 10.0. The van der Waals surface area contributed by atoms with Crippen LogP contribution >= 0.6 is 0 Å². The SMILES string of the molecule is CCCN(CC(F)(F)F)CC(C)(NC(C)C)C(=O)O. The van der Waals surface area contributed by atoms with Crippen molar-refractivity contribution in [2.24, 2.45) is 0 Å². The van der Waals surface area contributed by atoms with Crippen LogP contribution in [0.4, 0.5) is 13.2 Å². The normalized spacial score (nSPS) is 15.8. The first-order valence-corrected chi connectivity index (χ1v) is 6.30. The number of carboxylic acids is 1. The van der Waals surface area contributed by atoms with Crippen LogP contribution in [-0.2, 0) is 4.79 Å². The standard InChI is InChI=1S/C12H23F3N2O2/c1-5-6-17(8-12(13,14)15)7-11(4,10(18)19)16-9(2)3/h9,16H,5-8H2,1-4H3,(H,18,19). The summed E-state index contributed by atoms with van der Waals surface area (Å²) >= 11 is 0. The van der Waals surface area contributed by atoms with Gasteiger partial charge in [0.2, 0.25) is 0 Å². The minimum absolute atomic E-state index is 0.129. The number of carbonyl (C=O) groups is 1. The molecule has 0 spiro atoms. The third kappa shape index (κ3) is 7.37. The van der Waals surface area contributed by atoms with Crippen molar-refractivity contribution in [2.45, 2.75) is 51.9 Å². The Labute approximate surface area is 112 Å². The van der Waals surface area contributed by atoms with E-state index in [0.717, 1.165) is 4.90 Å². The van der Waals surface area contributed by atoms with Gasteiger partial charge < -0.3 is 5.11 Å². The van der Waals surface area contributed by atoms with Crippen LogP contribution in [0.5, 0.6) is 0 Å². The van der Waals surface area contributed by atoms with Gasteiger partial charge in [-0.25, -0.2) is 0 Å². The van der Waals surface area contributed by atoms with Crippen LogP contribution in [0.25, 0.3) is 0 Å². The van der Waals surface area contributed by atoms with Crippen molar-refractivity contribution in [3.05, 3.63) is 0 Å². The summed E-state index contributed by atoms with van der Waals surface area (Å²) in [4.78, 5) is 12.4. The van der Waals surface area contributed by atoms with Crippen molar-refractivity contribution in [1.82, 2.24) is 10.2 Å². The monoisotopic (exact) mass is 284 g/mol. The fraction of sp³-hybridized carbons (Fsp3) is 0.917. The van der Waals surface area contributed by atoms with Gasteiger partial charge >= 0.3 is 12.1 Å². The third-order valence-electron chi connectivity index (χ3n) is 2.56. The summed E-state index contributed by atoms with van der Waals surface area (Å²) in [7, 11) is 0. The molecular formula is C12H23F3N2O2. The summed E-state index contributed by atoms with van der Waals surface area (Å²) in [5, 5.41) is 12.0. The lowest BCUT2D eigenvalue weighted by Crippen LogP contribution is -2.59. The molecule has 0 aliphatic carbocycles. The first-order chi connectivity index (χ1) is 8.50. The maximum atomic E-state index is 12.5. The van der Waals surface area contributed by atoms with Gasteiger partial charge in [0.1, 0.15) is 5.54 Å². The van der Waals surface area contributed by atoms with Crippen molar-refractivity contribution < 1.29 is 23.1 Å². The topological polar surface area (TPSA) is 52.6 Å². The van der Waals surface area contributed by atoms with Crippen molar-refractivity contribution in [3.63, 3.8) is 0 Å². The van der Waals surface area contributed by atoms with Crippen LogP contribution < -0.4 is 5.32 Å². The molecule has 0 saturated carbocycles. The summed E-state index contributed by atoms with van der Waals surface area (Å²) in [5.74, 6) is -1.15. The van der Waals surface area contributed by atoms with E-state index >= 15 is 0 Å². The molecular weight excluding hydrogens is 261 g/mol. The quantitative estimate of drug-likeness (QED) is 0.717. The Hall–Kier alpha value is -0.820. The summed E-state index contributed by atoms with van der Waals surface area (Å²) in [6.07, 6.45) is -3.79. The number of nitrogens with zero attached hydrogens (tertiary/aromatic N) is 1. The summed E-state index contributed by atoms with van der Waals surface area (Å²) < 4.78 is 37.4. The number of aliphatic carboxylic acids is 1. The molecule has 0 saturated heterocycles. The highest BCUT2D eigenvalue weighted by molar-refractivity contribution is 5.78. The second-order valence-electron chi connectivity index (χ2n) is 5.26.